The van der Waals surface area contributed by atoms with Crippen molar-refractivity contribution in [2.75, 3.05) is 36.1 Å². The van der Waals surface area contributed by atoms with Crippen molar-refractivity contribution in [1.82, 2.24) is 15.5 Å². The predicted molar refractivity (Wildman–Crippen MR) is 210 cm³/mol. The van der Waals surface area contributed by atoms with Crippen LogP contribution < -0.4 is 20.4 Å². The molecule has 4 aromatic rings. The number of aliphatic hydroxyl groups excluding tert-OH is 1. The summed E-state index contributed by atoms with van der Waals surface area (Å²) in [5.41, 5.74) is 3.91. The number of carbonyl (C=O) groups excluding carboxylic acids is 4. The van der Waals surface area contributed by atoms with Gasteiger partial charge >= 0.3 is 6.09 Å². The zero-order chi connectivity index (χ0) is 39.5. The molecule has 8 rings (SSSR count). The van der Waals surface area contributed by atoms with Crippen molar-refractivity contribution in [3.63, 3.8) is 0 Å². The first-order valence-electron chi connectivity index (χ1n) is 19.5. The second kappa shape index (κ2) is 16.5. The molecule has 4 fully saturated rings. The van der Waals surface area contributed by atoms with E-state index in [4.69, 9.17) is 14.2 Å². The molecule has 4 amide bonds. The summed E-state index contributed by atoms with van der Waals surface area (Å²) in [6.07, 6.45) is -1.14. The summed E-state index contributed by atoms with van der Waals surface area (Å²) in [5.74, 6) is -1.02. The number of carbonyl (C=O) groups is 4. The lowest BCUT2D eigenvalue weighted by Crippen LogP contribution is -2.57. The SMILES string of the molecule is C[C@H]1[C@@H](CN2CCC3(CC2)C(=O)NCN3c2ccccc2)O[C@@H](c2cccc(N3C(=O)CC(NC(=O)OCc4ccccc4)C3=O)c2)O[C@H]1c1ccc(CO)cc1. The van der Waals surface area contributed by atoms with Crippen LogP contribution in [0, 0.1) is 5.92 Å². The fourth-order valence-electron chi connectivity index (χ4n) is 8.45. The number of imide groups is 1. The lowest BCUT2D eigenvalue weighted by Gasteiger charge is -2.46. The van der Waals surface area contributed by atoms with Crippen LogP contribution in [0.3, 0.4) is 0 Å². The minimum absolute atomic E-state index is 0.0312. The minimum Gasteiger partial charge on any atom is -0.445 e. The fraction of sp³-hybridized carbons (Fsp3) is 0.364. The normalized spacial score (nSPS) is 24.8. The smallest absolute Gasteiger partial charge is 0.408 e. The van der Waals surface area contributed by atoms with E-state index in [1.54, 1.807) is 18.2 Å². The summed E-state index contributed by atoms with van der Waals surface area (Å²) >= 11 is 0. The second-order valence-electron chi connectivity index (χ2n) is 15.2. The molecule has 13 heteroatoms. The summed E-state index contributed by atoms with van der Waals surface area (Å²) < 4.78 is 18.8. The molecule has 3 N–H and O–H groups in total. The van der Waals surface area contributed by atoms with E-state index in [1.165, 1.54) is 0 Å². The molecular weight excluding hydrogens is 727 g/mol. The molecule has 0 bridgehead atoms. The first-order chi connectivity index (χ1) is 27.7. The van der Waals surface area contributed by atoms with E-state index in [1.807, 2.05) is 91.0 Å². The molecule has 1 unspecified atom stereocenters. The third-order valence-electron chi connectivity index (χ3n) is 11.7. The monoisotopic (exact) mass is 773 g/mol. The summed E-state index contributed by atoms with van der Waals surface area (Å²) in [4.78, 5) is 58.4. The largest absolute Gasteiger partial charge is 0.445 e. The van der Waals surface area contributed by atoms with Crippen LogP contribution >= 0.6 is 0 Å². The van der Waals surface area contributed by atoms with Crippen molar-refractivity contribution in [1.29, 1.82) is 0 Å². The highest BCUT2D eigenvalue weighted by Crippen LogP contribution is 2.43. The molecule has 0 aromatic heterocycles. The maximum Gasteiger partial charge on any atom is 0.408 e. The van der Waals surface area contributed by atoms with Crippen LogP contribution in [0.1, 0.15) is 60.8 Å². The van der Waals surface area contributed by atoms with Gasteiger partial charge in [-0.2, -0.15) is 0 Å². The number of benzene rings is 4. The van der Waals surface area contributed by atoms with Gasteiger partial charge in [0.25, 0.3) is 5.91 Å². The van der Waals surface area contributed by atoms with Gasteiger partial charge in [-0.25, -0.2) is 9.69 Å². The van der Waals surface area contributed by atoms with Crippen LogP contribution in [0.25, 0.3) is 0 Å². The zero-order valence-electron chi connectivity index (χ0n) is 31.8. The maximum absolute atomic E-state index is 13.6. The Kier molecular flexibility index (Phi) is 11.1. The number of para-hydroxylation sites is 1. The average molecular weight is 774 g/mol. The lowest BCUT2D eigenvalue weighted by molar-refractivity contribution is -0.276. The molecule has 4 aliphatic heterocycles. The fourth-order valence-corrected chi connectivity index (χ4v) is 8.45. The highest BCUT2D eigenvalue weighted by Gasteiger charge is 2.51. The number of amides is 4. The average Bonchev–Trinajstić information content (AvgIpc) is 3.71. The molecule has 4 aliphatic rings. The number of hydrogen-bond acceptors (Lipinski definition) is 10. The molecular formula is C44H47N5O8. The maximum atomic E-state index is 13.6. The Morgan fingerprint density at radius 3 is 2.28 bits per heavy atom. The Morgan fingerprint density at radius 2 is 1.56 bits per heavy atom. The number of likely N-dealkylation sites (tertiary alicyclic amines) is 1. The number of hydrogen-bond donors (Lipinski definition) is 3. The Labute approximate surface area is 331 Å². The molecule has 0 saturated carbocycles. The van der Waals surface area contributed by atoms with Gasteiger partial charge in [-0.1, -0.05) is 91.9 Å². The Bertz CT molecular complexity index is 2080. The third-order valence-corrected chi connectivity index (χ3v) is 11.7. The Hall–Kier alpha value is -5.60. The summed E-state index contributed by atoms with van der Waals surface area (Å²) in [5, 5.41) is 15.3. The molecule has 4 saturated heterocycles. The highest BCUT2D eigenvalue weighted by molar-refractivity contribution is 6.23. The van der Waals surface area contributed by atoms with E-state index in [0.717, 1.165) is 27.3 Å². The van der Waals surface area contributed by atoms with Crippen molar-refractivity contribution in [3.8, 4) is 0 Å². The topological polar surface area (TPSA) is 150 Å². The van der Waals surface area contributed by atoms with Gasteiger partial charge in [0, 0.05) is 36.8 Å². The van der Waals surface area contributed by atoms with Crippen LogP contribution in [0.4, 0.5) is 16.2 Å². The van der Waals surface area contributed by atoms with Crippen LogP contribution in [-0.2, 0) is 41.8 Å². The van der Waals surface area contributed by atoms with Crippen LogP contribution in [0.2, 0.25) is 0 Å². The first kappa shape index (κ1) is 38.3. The van der Waals surface area contributed by atoms with E-state index in [-0.39, 0.29) is 43.7 Å². The van der Waals surface area contributed by atoms with Crippen LogP contribution in [0.15, 0.2) is 109 Å². The molecule has 5 atom stereocenters. The van der Waals surface area contributed by atoms with Gasteiger partial charge in [-0.3, -0.25) is 14.4 Å². The number of rotatable bonds is 10. The molecule has 0 aliphatic carbocycles. The summed E-state index contributed by atoms with van der Waals surface area (Å²) in [7, 11) is 0. The van der Waals surface area contributed by atoms with E-state index in [0.29, 0.717) is 50.4 Å². The predicted octanol–water partition coefficient (Wildman–Crippen LogP) is 4.96. The van der Waals surface area contributed by atoms with Gasteiger partial charge in [0.1, 0.15) is 18.2 Å². The quantitative estimate of drug-likeness (QED) is 0.189. The summed E-state index contributed by atoms with van der Waals surface area (Å²) in [6.45, 7) is 4.55. The second-order valence-corrected chi connectivity index (χ2v) is 15.2. The standard InChI is InChI=1S/C44H47N5O8/c1-29-37(25-47-21-19-44(20-22-47)42(53)45-28-48(44)34-12-6-3-7-13-34)56-41(57-39(29)32-17-15-30(26-50)16-18-32)33-11-8-14-35(23-33)49-38(51)24-36(40(49)52)46-43(54)55-27-31-9-4-2-5-10-31/h2-18,23,29,36-37,39,41,50H,19-22,24-28H2,1H3,(H,45,53)(H,46,54)/t29-,36?,37+,39+,41+/m0/s1. The van der Waals surface area contributed by atoms with Crippen molar-refractivity contribution >= 4 is 35.2 Å². The van der Waals surface area contributed by atoms with Crippen molar-refractivity contribution in [2.24, 2.45) is 5.92 Å². The van der Waals surface area contributed by atoms with Gasteiger partial charge in [-0.05, 0) is 53.8 Å². The minimum atomic E-state index is -1.07. The highest BCUT2D eigenvalue weighted by atomic mass is 16.7. The molecule has 4 heterocycles. The Morgan fingerprint density at radius 1 is 0.860 bits per heavy atom. The van der Waals surface area contributed by atoms with E-state index >= 15 is 0 Å². The van der Waals surface area contributed by atoms with Crippen LogP contribution in [0.5, 0.6) is 0 Å². The van der Waals surface area contributed by atoms with E-state index in [2.05, 4.69) is 27.4 Å². The number of ether oxygens (including phenoxy) is 3. The number of alkyl carbamates (subject to hydrolysis) is 1. The number of anilines is 2. The van der Waals surface area contributed by atoms with Gasteiger partial charge in [0.05, 0.1) is 37.6 Å². The molecule has 296 valence electrons. The third kappa shape index (κ3) is 7.88. The number of nitrogens with one attached hydrogen (secondary N) is 2. The van der Waals surface area contributed by atoms with Gasteiger partial charge in [0.15, 0.2) is 6.29 Å². The molecule has 4 aromatic carbocycles. The first-order valence-corrected chi connectivity index (χ1v) is 19.5. The summed E-state index contributed by atoms with van der Waals surface area (Å²) in [6, 6.07) is 32.8. The zero-order valence-corrected chi connectivity index (χ0v) is 31.8. The number of piperidine rings is 1. The van der Waals surface area contributed by atoms with E-state index < -0.39 is 35.8 Å². The van der Waals surface area contributed by atoms with Crippen molar-refractivity contribution in [2.45, 2.75) is 69.5 Å². The Balaban J connectivity index is 0.981. The number of aliphatic hydroxyl groups is 1. The van der Waals surface area contributed by atoms with Gasteiger partial charge < -0.3 is 39.8 Å². The molecule has 1 spiro atoms. The van der Waals surface area contributed by atoms with Crippen LogP contribution in [-0.4, -0.2) is 77.8 Å². The number of nitrogens with zero attached hydrogens (tertiary/aromatic N) is 3. The molecule has 0 radical (unpaired) electrons. The van der Waals surface area contributed by atoms with Crippen molar-refractivity contribution in [3.05, 3.63) is 131 Å². The van der Waals surface area contributed by atoms with Crippen molar-refractivity contribution < 1.29 is 38.5 Å². The van der Waals surface area contributed by atoms with Gasteiger partial charge in [-0.15, -0.1) is 0 Å². The lowest BCUT2D eigenvalue weighted by atomic mass is 9.84. The van der Waals surface area contributed by atoms with E-state index in [9.17, 15) is 24.3 Å². The molecule has 57 heavy (non-hydrogen) atoms. The molecule has 13 nitrogen and oxygen atoms in total. The van der Waals surface area contributed by atoms with Gasteiger partial charge in [0.2, 0.25) is 11.8 Å².